The molecular formula is C24H26N4O4. The van der Waals surface area contributed by atoms with E-state index in [9.17, 15) is 4.79 Å². The molecular weight excluding hydrogens is 408 g/mol. The molecule has 0 N–H and O–H groups in total. The highest BCUT2D eigenvalue weighted by Gasteiger charge is 2.29. The number of pyridine rings is 1. The van der Waals surface area contributed by atoms with E-state index in [1.807, 2.05) is 69.5 Å². The fraction of sp³-hybridized carbons (Fsp3) is 0.333. The van der Waals surface area contributed by atoms with E-state index in [0.717, 1.165) is 28.1 Å². The van der Waals surface area contributed by atoms with Crippen molar-refractivity contribution in [2.75, 3.05) is 6.61 Å². The number of carbonyl (C=O) groups is 1. The Bertz CT molecular complexity index is 1210. The fourth-order valence-electron chi connectivity index (χ4n) is 3.65. The summed E-state index contributed by atoms with van der Waals surface area (Å²) in [5.41, 5.74) is 3.53. The molecule has 32 heavy (non-hydrogen) atoms. The smallest absolute Gasteiger partial charge is 0.375 e. The van der Waals surface area contributed by atoms with Gasteiger partial charge >= 0.3 is 5.97 Å². The Hall–Kier alpha value is -3.68. The summed E-state index contributed by atoms with van der Waals surface area (Å²) >= 11 is 0. The number of aryl methyl sites for hydroxylation is 2. The zero-order valence-electron chi connectivity index (χ0n) is 18.9. The number of esters is 1. The van der Waals surface area contributed by atoms with Gasteiger partial charge in [-0.1, -0.05) is 11.2 Å². The second-order valence-electron chi connectivity index (χ2n) is 8.47. The summed E-state index contributed by atoms with van der Waals surface area (Å²) in [5, 5.41) is 4.04. The number of rotatable bonds is 2. The molecule has 0 amide bonds. The molecule has 4 heterocycles. The molecule has 166 valence electrons. The van der Waals surface area contributed by atoms with Gasteiger partial charge < -0.3 is 18.6 Å². The number of hydrogen-bond acceptors (Lipinski definition) is 7. The third-order valence-electron chi connectivity index (χ3n) is 4.87. The van der Waals surface area contributed by atoms with Gasteiger partial charge in [0.15, 0.2) is 5.75 Å². The summed E-state index contributed by atoms with van der Waals surface area (Å²) < 4.78 is 18.7. The van der Waals surface area contributed by atoms with Crippen molar-refractivity contribution in [3.05, 3.63) is 60.0 Å². The van der Waals surface area contributed by atoms with E-state index >= 15 is 0 Å². The monoisotopic (exact) mass is 434 g/mol. The molecule has 0 atom stereocenters. The Kier molecular flexibility index (Phi) is 5.69. The molecule has 0 unspecified atom stereocenters. The first-order chi connectivity index (χ1) is 15.3. The van der Waals surface area contributed by atoms with Crippen LogP contribution in [0.15, 0.2) is 47.2 Å². The first kappa shape index (κ1) is 21.5. The predicted molar refractivity (Wildman–Crippen MR) is 120 cm³/mol. The van der Waals surface area contributed by atoms with Crippen LogP contribution in [0.4, 0.5) is 0 Å². The average molecular weight is 434 g/mol. The van der Waals surface area contributed by atoms with Crippen LogP contribution in [0.3, 0.4) is 0 Å². The van der Waals surface area contributed by atoms with Crippen LogP contribution in [0, 0.1) is 13.8 Å². The molecule has 0 fully saturated rings. The summed E-state index contributed by atoms with van der Waals surface area (Å²) in [6.45, 7) is 10.3. The normalized spacial score (nSPS) is 12.7. The van der Waals surface area contributed by atoms with Crippen LogP contribution in [-0.2, 0) is 11.3 Å². The highest BCUT2D eigenvalue weighted by atomic mass is 16.6. The average Bonchev–Trinajstić information content (AvgIpc) is 3.31. The van der Waals surface area contributed by atoms with Crippen molar-refractivity contribution in [2.24, 2.45) is 0 Å². The number of hydrogen-bond donors (Lipinski definition) is 0. The Balaban J connectivity index is 0.000000354. The molecule has 3 aromatic heterocycles. The minimum Gasteiger partial charge on any atom is -0.489 e. The molecule has 0 spiro atoms. The molecule has 0 bridgehead atoms. The van der Waals surface area contributed by atoms with Gasteiger partial charge in [-0.15, -0.1) is 0 Å². The molecule has 5 rings (SSSR count). The lowest BCUT2D eigenvalue weighted by atomic mass is 10.0. The van der Waals surface area contributed by atoms with Gasteiger partial charge in [0.2, 0.25) is 5.82 Å². The molecule has 0 radical (unpaired) electrons. The van der Waals surface area contributed by atoms with Crippen molar-refractivity contribution in [3.63, 3.8) is 0 Å². The van der Waals surface area contributed by atoms with E-state index in [0.29, 0.717) is 30.2 Å². The molecule has 1 aromatic carbocycles. The zero-order chi connectivity index (χ0) is 22.9. The molecule has 4 aromatic rings. The van der Waals surface area contributed by atoms with E-state index in [1.54, 1.807) is 12.4 Å². The number of aromatic nitrogens is 4. The van der Waals surface area contributed by atoms with E-state index in [-0.39, 0.29) is 0 Å². The lowest BCUT2D eigenvalue weighted by Gasteiger charge is -2.22. The van der Waals surface area contributed by atoms with Gasteiger partial charge in [0.1, 0.15) is 23.5 Å². The maximum absolute atomic E-state index is 12.6. The lowest BCUT2D eigenvalue weighted by molar-refractivity contribution is 0.00500. The molecule has 1 aliphatic rings. The molecule has 0 saturated heterocycles. The SMILES string of the molecule is Cc1noc(C)c1-c1ccc2nc(C(=O)OC(C)(C)C)n3c2c1OCC3.c1ccncc1. The van der Waals surface area contributed by atoms with Crippen molar-refractivity contribution >= 4 is 17.0 Å². The van der Waals surface area contributed by atoms with Crippen molar-refractivity contribution in [3.8, 4) is 16.9 Å². The van der Waals surface area contributed by atoms with Crippen LogP contribution < -0.4 is 4.74 Å². The van der Waals surface area contributed by atoms with Crippen molar-refractivity contribution in [2.45, 2.75) is 46.8 Å². The second kappa shape index (κ2) is 8.45. The van der Waals surface area contributed by atoms with E-state index in [2.05, 4.69) is 15.1 Å². The largest absolute Gasteiger partial charge is 0.489 e. The van der Waals surface area contributed by atoms with Crippen molar-refractivity contribution < 1.29 is 18.8 Å². The maximum atomic E-state index is 12.6. The number of benzene rings is 1. The van der Waals surface area contributed by atoms with Crippen LogP contribution in [0.1, 0.15) is 42.8 Å². The molecule has 1 aliphatic heterocycles. The van der Waals surface area contributed by atoms with E-state index in [4.69, 9.17) is 14.0 Å². The van der Waals surface area contributed by atoms with Gasteiger partial charge in [0.25, 0.3) is 0 Å². The summed E-state index contributed by atoms with van der Waals surface area (Å²) in [5.74, 6) is 1.30. The Labute approximate surface area is 186 Å². The first-order valence-electron chi connectivity index (χ1n) is 10.4. The Morgan fingerprint density at radius 1 is 1.12 bits per heavy atom. The van der Waals surface area contributed by atoms with Gasteiger partial charge in [0, 0.05) is 18.0 Å². The van der Waals surface area contributed by atoms with Crippen LogP contribution in [-0.4, -0.2) is 37.9 Å². The summed E-state index contributed by atoms with van der Waals surface area (Å²) in [7, 11) is 0. The van der Waals surface area contributed by atoms with Gasteiger partial charge in [0.05, 0.1) is 23.3 Å². The van der Waals surface area contributed by atoms with Gasteiger partial charge in [-0.3, -0.25) is 4.98 Å². The van der Waals surface area contributed by atoms with Crippen LogP contribution in [0.25, 0.3) is 22.2 Å². The molecule has 0 aliphatic carbocycles. The highest BCUT2D eigenvalue weighted by Crippen LogP contribution is 2.41. The third kappa shape index (κ3) is 4.21. The lowest BCUT2D eigenvalue weighted by Crippen LogP contribution is -2.27. The number of ether oxygens (including phenoxy) is 2. The van der Waals surface area contributed by atoms with E-state index in [1.165, 1.54) is 0 Å². The highest BCUT2D eigenvalue weighted by molar-refractivity contribution is 5.97. The molecule has 8 nitrogen and oxygen atoms in total. The van der Waals surface area contributed by atoms with E-state index < -0.39 is 11.6 Å². The Morgan fingerprint density at radius 3 is 2.44 bits per heavy atom. The third-order valence-corrected chi connectivity index (χ3v) is 4.87. The van der Waals surface area contributed by atoms with Crippen LogP contribution in [0.2, 0.25) is 0 Å². The fourth-order valence-corrected chi connectivity index (χ4v) is 3.65. The van der Waals surface area contributed by atoms with Crippen LogP contribution >= 0.6 is 0 Å². The topological polar surface area (TPSA) is 92.3 Å². The summed E-state index contributed by atoms with van der Waals surface area (Å²) in [4.78, 5) is 20.9. The van der Waals surface area contributed by atoms with Gasteiger partial charge in [-0.05, 0) is 58.9 Å². The van der Waals surface area contributed by atoms with Crippen molar-refractivity contribution in [1.82, 2.24) is 19.7 Å². The van der Waals surface area contributed by atoms with Crippen molar-refractivity contribution in [1.29, 1.82) is 0 Å². The van der Waals surface area contributed by atoms with Crippen LogP contribution in [0.5, 0.6) is 5.75 Å². The Morgan fingerprint density at radius 2 is 1.88 bits per heavy atom. The number of carbonyl (C=O) groups excluding carboxylic acids is 1. The van der Waals surface area contributed by atoms with Gasteiger partial charge in [-0.2, -0.15) is 0 Å². The quantitative estimate of drug-likeness (QED) is 0.421. The summed E-state index contributed by atoms with van der Waals surface area (Å²) in [6.07, 6.45) is 3.50. The first-order valence-corrected chi connectivity index (χ1v) is 10.4. The maximum Gasteiger partial charge on any atom is 0.375 e. The standard InChI is InChI=1S/C19H21N3O4.C5H5N/c1-10-14(11(2)26-21-10)12-6-7-13-15-16(12)24-9-8-22(15)17(20-13)18(23)25-19(3,4)5;1-2-4-6-5-3-1/h6-7H,8-9H2,1-5H3;1-5H. The minimum atomic E-state index is -0.578. The summed E-state index contributed by atoms with van der Waals surface area (Å²) in [6, 6.07) is 9.54. The molecule has 8 heteroatoms. The minimum absolute atomic E-state index is 0.301. The number of imidazole rings is 1. The van der Waals surface area contributed by atoms with Gasteiger partial charge in [-0.25, -0.2) is 9.78 Å². The molecule has 0 saturated carbocycles. The zero-order valence-corrected chi connectivity index (χ0v) is 18.9. The second-order valence-corrected chi connectivity index (χ2v) is 8.47. The number of nitrogens with zero attached hydrogens (tertiary/aromatic N) is 4. The predicted octanol–water partition coefficient (Wildman–Crippen LogP) is 4.74.